The summed E-state index contributed by atoms with van der Waals surface area (Å²) >= 11 is 0. The molecule has 0 radical (unpaired) electrons. The summed E-state index contributed by atoms with van der Waals surface area (Å²) in [5, 5.41) is 45.9. The van der Waals surface area contributed by atoms with Crippen molar-refractivity contribution in [2.24, 2.45) is 21.9 Å². The quantitative estimate of drug-likeness (QED) is 0.0194. The molecule has 92 heavy (non-hydrogen) atoms. The summed E-state index contributed by atoms with van der Waals surface area (Å²) in [5.74, 6) is -4.20. The molecule has 498 valence electrons. The predicted molar refractivity (Wildman–Crippen MR) is 331 cm³/mol. The third-order valence-corrected chi connectivity index (χ3v) is 13.1. The van der Waals surface area contributed by atoms with Crippen LogP contribution < -0.4 is 37.5 Å². The minimum Gasteiger partial charge on any atom is -0.481 e. The highest BCUT2D eigenvalue weighted by Gasteiger charge is 2.24. The molecule has 4 amide bonds. The van der Waals surface area contributed by atoms with Gasteiger partial charge in [0.1, 0.15) is 12.6 Å². The number of azo groups is 1. The van der Waals surface area contributed by atoms with Crippen LogP contribution in [0.15, 0.2) is 95.5 Å². The van der Waals surface area contributed by atoms with Crippen molar-refractivity contribution >= 4 is 75.4 Å². The number of fused-ring (bicyclic) bond motifs is 1. The fourth-order valence-electron chi connectivity index (χ4n) is 8.18. The fraction of sp³-hybridized carbons (Fsp3) is 0.483. The number of amides is 4. The number of carbonyl (C=O) groups excluding carboxylic acids is 4. The summed E-state index contributed by atoms with van der Waals surface area (Å²) in [6.07, 6.45) is 4.28. The Morgan fingerprint density at radius 1 is 0.587 bits per heavy atom. The van der Waals surface area contributed by atoms with Crippen LogP contribution in [0.2, 0.25) is 0 Å². The van der Waals surface area contributed by atoms with Crippen molar-refractivity contribution in [3.63, 3.8) is 0 Å². The number of aromatic nitrogens is 7. The lowest BCUT2D eigenvalue weighted by molar-refractivity contribution is -0.144. The predicted octanol–water partition coefficient (Wildman–Crippen LogP) is 3.66. The smallest absolute Gasteiger partial charge is 0.320 e. The summed E-state index contributed by atoms with van der Waals surface area (Å²) in [6, 6.07) is 19.6. The second-order valence-corrected chi connectivity index (χ2v) is 20.3. The number of nitrogens with one attached hydrogen (secondary N) is 5. The Balaban J connectivity index is 0.634. The van der Waals surface area contributed by atoms with Gasteiger partial charge in [-0.05, 0) is 78.9 Å². The average Bonchev–Trinajstić information content (AvgIpc) is 1.93. The fourth-order valence-corrected chi connectivity index (χ4v) is 8.18. The summed E-state index contributed by atoms with van der Waals surface area (Å²) in [6.45, 7) is 7.12. The first kappa shape index (κ1) is 72.1. The molecule has 0 fully saturated rings. The Kier molecular flexibility index (Phi) is 33.0. The van der Waals surface area contributed by atoms with Gasteiger partial charge >= 0.3 is 11.9 Å². The van der Waals surface area contributed by atoms with Crippen LogP contribution in [0, 0.1) is 5.92 Å². The molecule has 0 aliphatic rings. The first-order valence-electron chi connectivity index (χ1n) is 29.9. The molecule has 3 heterocycles. The minimum absolute atomic E-state index is 0.0410. The molecule has 0 saturated heterocycles. The van der Waals surface area contributed by atoms with E-state index in [-0.39, 0.29) is 88.6 Å². The number of rotatable bonds is 49. The van der Waals surface area contributed by atoms with E-state index in [2.05, 4.69) is 61.7 Å². The molecule has 2 atom stereocenters. The highest BCUT2D eigenvalue weighted by molar-refractivity contribution is 5.94. The van der Waals surface area contributed by atoms with Gasteiger partial charge in [-0.15, -0.1) is 5.10 Å². The van der Waals surface area contributed by atoms with Crippen molar-refractivity contribution in [3.05, 3.63) is 102 Å². The van der Waals surface area contributed by atoms with Crippen LogP contribution in [-0.4, -0.2) is 199 Å². The largest absolute Gasteiger partial charge is 0.481 e. The van der Waals surface area contributed by atoms with Gasteiger partial charge in [0, 0.05) is 49.8 Å². The number of nitrogens with two attached hydrogens (primary N) is 2. The molecule has 32 nitrogen and oxygen atoms in total. The highest BCUT2D eigenvalue weighted by Crippen LogP contribution is 2.24. The van der Waals surface area contributed by atoms with Crippen LogP contribution in [0.4, 0.5) is 28.7 Å². The van der Waals surface area contributed by atoms with Gasteiger partial charge in [0.15, 0.2) is 11.2 Å². The molecule has 6 aromatic rings. The summed E-state index contributed by atoms with van der Waals surface area (Å²) < 4.78 is 51.8. The van der Waals surface area contributed by atoms with E-state index >= 15 is 0 Å². The SMILES string of the molecule is Nc1nc(OCc2ccc(CNC(=O)CCc3cn(CCOCCOCCOCCOCCOCCOCCOCCOCCC(=O)NCC(=O)Nc4ccc(N=Nc5ccc(NC(=O)CCC[C@@H](C[C@H](N)C(=O)O)C(=O)O)cc5)cc4)nn3)cc2)c2nc[nH]c2n1. The third kappa shape index (κ3) is 29.8. The normalized spacial score (nSPS) is 12.0. The molecule has 32 heteroatoms. The van der Waals surface area contributed by atoms with Crippen LogP contribution in [0.5, 0.6) is 5.88 Å². The average molecular weight is 1280 g/mol. The lowest BCUT2D eigenvalue weighted by Crippen LogP contribution is -2.34. The van der Waals surface area contributed by atoms with Gasteiger partial charge in [0.2, 0.25) is 35.5 Å². The summed E-state index contributed by atoms with van der Waals surface area (Å²) in [4.78, 5) is 87.2. The third-order valence-electron chi connectivity index (χ3n) is 13.1. The summed E-state index contributed by atoms with van der Waals surface area (Å²) in [7, 11) is 0. The van der Waals surface area contributed by atoms with E-state index in [0.29, 0.717) is 152 Å². The Bertz CT molecular complexity index is 3190. The number of benzene rings is 3. The summed E-state index contributed by atoms with van der Waals surface area (Å²) in [5.41, 5.74) is 16.8. The Labute approximate surface area is 530 Å². The van der Waals surface area contributed by atoms with E-state index in [1.807, 2.05) is 30.5 Å². The molecule has 0 aliphatic carbocycles. The van der Waals surface area contributed by atoms with Crippen molar-refractivity contribution in [1.82, 2.24) is 45.6 Å². The Morgan fingerprint density at radius 3 is 1.66 bits per heavy atom. The van der Waals surface area contributed by atoms with Gasteiger partial charge in [-0.1, -0.05) is 29.5 Å². The van der Waals surface area contributed by atoms with Crippen LogP contribution in [0.1, 0.15) is 55.3 Å². The van der Waals surface area contributed by atoms with E-state index < -0.39 is 29.8 Å². The maximum atomic E-state index is 12.5. The maximum Gasteiger partial charge on any atom is 0.320 e. The molecule has 0 spiro atoms. The standard InChI is InChI=1S/C60H81N15O17/c61-50(59(82)83)36-44(58(80)81)2-1-3-53(78)67-45-8-12-47(13-9-45)71-72-48-14-10-46(11-15-48)68-54(79)38-64-52(77)18-20-84-22-24-86-26-28-88-30-32-90-34-35-91-33-31-89-29-27-87-25-23-85-21-19-75-39-49(73-74-75)16-17-51(76)63-37-42-4-6-43(7-5-42)40-92-57-55-56(66-41-65-55)69-60(62)70-57/h4-15,39,41,44,50H,1-3,16-38,40,61H2,(H,63,76)(H,64,77)(H,67,78)(H,68,79)(H,80,81)(H,82,83)(H3,62,65,66,69,70)/t44-,50-/m0/s1. The lowest BCUT2D eigenvalue weighted by Gasteiger charge is -2.14. The Morgan fingerprint density at radius 2 is 1.11 bits per heavy atom. The number of ether oxygens (including phenoxy) is 9. The number of nitrogens with zero attached hydrogens (tertiary/aromatic N) is 8. The van der Waals surface area contributed by atoms with Gasteiger partial charge < -0.3 is 90.6 Å². The number of carboxylic acid groups (broad SMARTS) is 2. The number of nitrogen functional groups attached to an aromatic ring is 1. The number of hydrogen-bond donors (Lipinski definition) is 9. The molecule has 0 aliphatic heterocycles. The van der Waals surface area contributed by atoms with Crippen LogP contribution >= 0.6 is 0 Å². The van der Waals surface area contributed by atoms with Gasteiger partial charge in [-0.3, -0.25) is 28.8 Å². The topological polar surface area (TPSA) is 436 Å². The Hall–Kier alpha value is -8.99. The number of hydrogen-bond acceptors (Lipinski definition) is 24. The first-order valence-corrected chi connectivity index (χ1v) is 29.9. The number of aliphatic carboxylic acids is 2. The molecule has 0 saturated carbocycles. The number of H-pyrrole nitrogens is 1. The van der Waals surface area contributed by atoms with Gasteiger partial charge in [-0.25, -0.2) is 9.67 Å². The zero-order chi connectivity index (χ0) is 65.4. The molecular formula is C60H81N15O17. The van der Waals surface area contributed by atoms with Crippen LogP contribution in [0.3, 0.4) is 0 Å². The highest BCUT2D eigenvalue weighted by atomic mass is 16.6. The van der Waals surface area contributed by atoms with Crippen molar-refractivity contribution < 1.29 is 81.6 Å². The van der Waals surface area contributed by atoms with E-state index in [0.717, 1.165) is 16.8 Å². The number of carbonyl (C=O) groups is 6. The van der Waals surface area contributed by atoms with E-state index in [4.69, 9.17) is 59.2 Å². The molecule has 0 unspecified atom stereocenters. The van der Waals surface area contributed by atoms with Crippen LogP contribution in [0.25, 0.3) is 11.2 Å². The number of anilines is 3. The van der Waals surface area contributed by atoms with Gasteiger partial charge in [0.25, 0.3) is 0 Å². The lowest BCUT2D eigenvalue weighted by atomic mass is 9.94. The van der Waals surface area contributed by atoms with E-state index in [1.54, 1.807) is 53.2 Å². The maximum absolute atomic E-state index is 12.5. The second-order valence-electron chi connectivity index (χ2n) is 20.3. The first-order chi connectivity index (χ1) is 44.8. The van der Waals surface area contributed by atoms with E-state index in [9.17, 15) is 33.9 Å². The second kappa shape index (κ2) is 42.1. The monoisotopic (exact) mass is 1280 g/mol. The van der Waals surface area contributed by atoms with E-state index in [1.165, 1.54) is 6.33 Å². The molecular weight excluding hydrogens is 1200 g/mol. The number of imidazole rings is 1. The molecule has 3 aromatic carbocycles. The number of aryl methyl sites for hydroxylation is 1. The van der Waals surface area contributed by atoms with Crippen molar-refractivity contribution in [2.75, 3.05) is 129 Å². The molecule has 11 N–H and O–H groups in total. The number of carboxylic acids is 2. The molecule has 0 bridgehead atoms. The molecule has 6 rings (SSSR count). The van der Waals surface area contributed by atoms with Gasteiger partial charge in [0.05, 0.1) is 148 Å². The van der Waals surface area contributed by atoms with Crippen LogP contribution in [-0.2, 0) is 92.8 Å². The van der Waals surface area contributed by atoms with Gasteiger partial charge in [-0.2, -0.15) is 20.2 Å². The number of aromatic amines is 1. The minimum atomic E-state index is -1.29. The molecule has 3 aromatic heterocycles. The van der Waals surface area contributed by atoms with Crippen molar-refractivity contribution in [1.29, 1.82) is 0 Å². The zero-order valence-electron chi connectivity index (χ0n) is 51.1. The van der Waals surface area contributed by atoms with Crippen molar-refractivity contribution in [3.8, 4) is 5.88 Å². The van der Waals surface area contributed by atoms with Crippen molar-refractivity contribution in [2.45, 2.75) is 70.7 Å². The zero-order valence-corrected chi connectivity index (χ0v) is 51.1.